The molecule has 0 spiro atoms. The van der Waals surface area contributed by atoms with Crippen molar-refractivity contribution in [3.8, 4) is 0 Å². The van der Waals surface area contributed by atoms with Gasteiger partial charge in [0.05, 0.1) is 10.7 Å². The van der Waals surface area contributed by atoms with Gasteiger partial charge in [-0.25, -0.2) is 0 Å². The van der Waals surface area contributed by atoms with Crippen molar-refractivity contribution in [2.24, 2.45) is 0 Å². The highest BCUT2D eigenvalue weighted by molar-refractivity contribution is 6.34. The topological polar surface area (TPSA) is 41.1 Å². The zero-order valence-corrected chi connectivity index (χ0v) is 11.3. The maximum Gasteiger partial charge on any atom is 0.225 e. The summed E-state index contributed by atoms with van der Waals surface area (Å²) < 4.78 is 0. The van der Waals surface area contributed by atoms with Crippen molar-refractivity contribution in [1.82, 2.24) is 5.32 Å². The highest BCUT2D eigenvalue weighted by atomic mass is 35.5. The summed E-state index contributed by atoms with van der Waals surface area (Å²) in [6.07, 6.45) is 0.447. The fourth-order valence-corrected chi connectivity index (χ4v) is 1.60. The summed E-state index contributed by atoms with van der Waals surface area (Å²) in [6.45, 7) is 6.69. The van der Waals surface area contributed by atoms with Gasteiger partial charge >= 0.3 is 0 Å². The molecule has 0 aliphatic rings. The minimum absolute atomic E-state index is 0.0225. The first-order valence-corrected chi connectivity index (χ1v) is 6.17. The van der Waals surface area contributed by atoms with Gasteiger partial charge < -0.3 is 10.6 Å². The van der Waals surface area contributed by atoms with E-state index in [1.54, 1.807) is 0 Å². The lowest BCUT2D eigenvalue weighted by Crippen LogP contribution is -2.27. The maximum atomic E-state index is 11.6. The summed E-state index contributed by atoms with van der Waals surface area (Å²) in [5.41, 5.74) is 1.64. The van der Waals surface area contributed by atoms with Crippen molar-refractivity contribution < 1.29 is 4.79 Å². The van der Waals surface area contributed by atoms with E-state index in [0.29, 0.717) is 29.7 Å². The molecular weight excluding hydrogens is 236 g/mol. The molecule has 94 valence electrons. The van der Waals surface area contributed by atoms with Crippen LogP contribution in [0.1, 0.15) is 25.8 Å². The Hall–Kier alpha value is -1.06. The Balaban J connectivity index is 2.48. The number of benzene rings is 1. The Kier molecular flexibility index (Phi) is 5.45. The third-order valence-corrected chi connectivity index (χ3v) is 2.87. The second-order valence-electron chi connectivity index (χ2n) is 4.34. The predicted octanol–water partition coefficient (Wildman–Crippen LogP) is 2.98. The molecule has 0 saturated heterocycles. The van der Waals surface area contributed by atoms with Crippen LogP contribution in [0.25, 0.3) is 0 Å². The van der Waals surface area contributed by atoms with E-state index in [1.165, 1.54) is 0 Å². The van der Waals surface area contributed by atoms with E-state index < -0.39 is 0 Å². The molecule has 4 heteroatoms. The molecule has 0 saturated carbocycles. The first kappa shape index (κ1) is 14.0. The van der Waals surface area contributed by atoms with Crippen LogP contribution in [0.15, 0.2) is 18.2 Å². The SMILES string of the molecule is Cc1cccc(NC(=O)CCNC(C)C)c1Cl. The van der Waals surface area contributed by atoms with Crippen LogP contribution in [-0.2, 0) is 4.79 Å². The Morgan fingerprint density at radius 3 is 2.76 bits per heavy atom. The molecule has 17 heavy (non-hydrogen) atoms. The third kappa shape index (κ3) is 4.75. The Labute approximate surface area is 108 Å². The molecule has 1 rings (SSSR count). The average molecular weight is 255 g/mol. The number of hydrogen-bond acceptors (Lipinski definition) is 2. The van der Waals surface area contributed by atoms with E-state index in [-0.39, 0.29) is 5.91 Å². The van der Waals surface area contributed by atoms with Crippen LogP contribution in [-0.4, -0.2) is 18.5 Å². The van der Waals surface area contributed by atoms with Gasteiger partial charge in [0.1, 0.15) is 0 Å². The van der Waals surface area contributed by atoms with Crippen LogP contribution in [0.3, 0.4) is 0 Å². The number of rotatable bonds is 5. The van der Waals surface area contributed by atoms with Gasteiger partial charge in [-0.15, -0.1) is 0 Å². The number of aryl methyl sites for hydroxylation is 1. The van der Waals surface area contributed by atoms with Crippen LogP contribution in [0, 0.1) is 6.92 Å². The Morgan fingerprint density at radius 1 is 1.41 bits per heavy atom. The van der Waals surface area contributed by atoms with E-state index in [2.05, 4.69) is 24.5 Å². The molecule has 0 atom stereocenters. The van der Waals surface area contributed by atoms with Gasteiger partial charge in [0.25, 0.3) is 0 Å². The molecule has 1 aromatic rings. The molecule has 0 unspecified atom stereocenters. The Morgan fingerprint density at radius 2 is 2.12 bits per heavy atom. The highest BCUT2D eigenvalue weighted by Gasteiger charge is 2.07. The molecule has 0 bridgehead atoms. The van der Waals surface area contributed by atoms with Crippen molar-refractivity contribution in [3.05, 3.63) is 28.8 Å². The van der Waals surface area contributed by atoms with E-state index in [4.69, 9.17) is 11.6 Å². The molecule has 1 aromatic carbocycles. The molecule has 0 aromatic heterocycles. The molecular formula is C13H19ClN2O. The van der Waals surface area contributed by atoms with E-state index in [1.807, 2.05) is 25.1 Å². The summed E-state index contributed by atoms with van der Waals surface area (Å²) in [7, 11) is 0. The Bertz CT molecular complexity index is 391. The second kappa shape index (κ2) is 6.62. The van der Waals surface area contributed by atoms with Crippen LogP contribution >= 0.6 is 11.6 Å². The molecule has 3 nitrogen and oxygen atoms in total. The molecule has 0 aliphatic carbocycles. The standard InChI is InChI=1S/C13H19ClN2O/c1-9(2)15-8-7-12(17)16-11-6-4-5-10(3)13(11)14/h4-6,9,15H,7-8H2,1-3H3,(H,16,17). The zero-order valence-electron chi connectivity index (χ0n) is 10.5. The number of carbonyl (C=O) groups excluding carboxylic acids is 1. The zero-order chi connectivity index (χ0) is 12.8. The van der Waals surface area contributed by atoms with Gasteiger partial charge in [-0.1, -0.05) is 37.6 Å². The lowest BCUT2D eigenvalue weighted by atomic mass is 10.2. The lowest BCUT2D eigenvalue weighted by molar-refractivity contribution is -0.116. The summed E-state index contributed by atoms with van der Waals surface area (Å²) >= 11 is 6.09. The molecule has 1 amide bonds. The number of halogens is 1. The quantitative estimate of drug-likeness (QED) is 0.848. The number of amides is 1. The van der Waals surface area contributed by atoms with Crippen molar-refractivity contribution in [3.63, 3.8) is 0 Å². The number of carbonyl (C=O) groups is 1. The van der Waals surface area contributed by atoms with Crippen LogP contribution in [0.2, 0.25) is 5.02 Å². The number of hydrogen-bond donors (Lipinski definition) is 2. The van der Waals surface area contributed by atoms with Gasteiger partial charge in [-0.2, -0.15) is 0 Å². The smallest absolute Gasteiger partial charge is 0.225 e. The van der Waals surface area contributed by atoms with E-state index >= 15 is 0 Å². The molecule has 0 radical (unpaired) electrons. The van der Waals surface area contributed by atoms with Crippen LogP contribution < -0.4 is 10.6 Å². The first-order valence-electron chi connectivity index (χ1n) is 5.79. The van der Waals surface area contributed by atoms with E-state index in [9.17, 15) is 4.79 Å². The van der Waals surface area contributed by atoms with Crippen molar-refractivity contribution in [2.45, 2.75) is 33.2 Å². The van der Waals surface area contributed by atoms with Gasteiger partial charge in [-0.05, 0) is 18.6 Å². The normalized spacial score (nSPS) is 10.6. The molecule has 0 heterocycles. The van der Waals surface area contributed by atoms with Gasteiger partial charge in [0.2, 0.25) is 5.91 Å². The van der Waals surface area contributed by atoms with Gasteiger partial charge in [0.15, 0.2) is 0 Å². The number of nitrogens with one attached hydrogen (secondary N) is 2. The van der Waals surface area contributed by atoms with Crippen LogP contribution in [0.5, 0.6) is 0 Å². The minimum Gasteiger partial charge on any atom is -0.325 e. The largest absolute Gasteiger partial charge is 0.325 e. The molecule has 2 N–H and O–H groups in total. The number of anilines is 1. The second-order valence-corrected chi connectivity index (χ2v) is 4.72. The maximum absolute atomic E-state index is 11.6. The van der Waals surface area contributed by atoms with Gasteiger partial charge in [-0.3, -0.25) is 4.79 Å². The summed E-state index contributed by atoms with van der Waals surface area (Å²) in [4.78, 5) is 11.6. The summed E-state index contributed by atoms with van der Waals surface area (Å²) in [5, 5.41) is 6.62. The lowest BCUT2D eigenvalue weighted by Gasteiger charge is -2.10. The first-order chi connectivity index (χ1) is 8.00. The molecule has 0 fully saturated rings. The van der Waals surface area contributed by atoms with Crippen molar-refractivity contribution in [1.29, 1.82) is 0 Å². The van der Waals surface area contributed by atoms with Gasteiger partial charge in [0, 0.05) is 19.0 Å². The molecule has 0 aliphatic heterocycles. The van der Waals surface area contributed by atoms with E-state index in [0.717, 1.165) is 5.56 Å². The predicted molar refractivity (Wildman–Crippen MR) is 72.6 cm³/mol. The fraction of sp³-hybridized carbons (Fsp3) is 0.462. The average Bonchev–Trinajstić information content (AvgIpc) is 2.24. The van der Waals surface area contributed by atoms with Crippen molar-refractivity contribution >= 4 is 23.2 Å². The van der Waals surface area contributed by atoms with Crippen LogP contribution in [0.4, 0.5) is 5.69 Å². The minimum atomic E-state index is -0.0225. The fourth-order valence-electron chi connectivity index (χ4n) is 1.43. The summed E-state index contributed by atoms with van der Waals surface area (Å²) in [5.74, 6) is -0.0225. The van der Waals surface area contributed by atoms with Crippen molar-refractivity contribution in [2.75, 3.05) is 11.9 Å². The third-order valence-electron chi connectivity index (χ3n) is 2.37. The highest BCUT2D eigenvalue weighted by Crippen LogP contribution is 2.24. The summed E-state index contributed by atoms with van der Waals surface area (Å²) in [6, 6.07) is 6.00. The monoisotopic (exact) mass is 254 g/mol.